The number of amides is 1. The second-order valence-corrected chi connectivity index (χ2v) is 7.40. The predicted octanol–water partition coefficient (Wildman–Crippen LogP) is -0.976. The van der Waals surface area contributed by atoms with Crippen molar-refractivity contribution in [1.29, 1.82) is 0 Å². The summed E-state index contributed by atoms with van der Waals surface area (Å²) in [6.45, 7) is 0.699. The van der Waals surface area contributed by atoms with E-state index in [4.69, 9.17) is 0 Å². The van der Waals surface area contributed by atoms with Crippen molar-refractivity contribution in [1.82, 2.24) is 19.4 Å². The third-order valence-electron chi connectivity index (χ3n) is 2.42. The molecule has 1 aromatic rings. The first-order valence-corrected chi connectivity index (χ1v) is 7.33. The maximum atomic E-state index is 11.8. The van der Waals surface area contributed by atoms with E-state index in [0.717, 1.165) is 15.6 Å². The Morgan fingerprint density at radius 2 is 2.00 bits per heavy atom. The second-order valence-electron chi connectivity index (χ2n) is 4.12. The van der Waals surface area contributed by atoms with Gasteiger partial charge in [0.2, 0.25) is 15.4 Å². The van der Waals surface area contributed by atoms with Gasteiger partial charge in [0.25, 0.3) is 10.0 Å². The van der Waals surface area contributed by atoms with Crippen molar-refractivity contribution in [2.75, 3.05) is 39.3 Å². The number of likely N-dealkylation sites (N-methyl/N-ethyl adjacent to an activating group) is 1. The average Bonchev–Trinajstić information content (AvgIpc) is 2.84. The number of hydrogen-bond donors (Lipinski definition) is 0. The minimum atomic E-state index is -3.59. The van der Waals surface area contributed by atoms with Gasteiger partial charge in [-0.15, -0.1) is 10.2 Å². The van der Waals surface area contributed by atoms with Crippen LogP contribution in [0.1, 0.15) is 0 Å². The van der Waals surface area contributed by atoms with Crippen LogP contribution in [0.2, 0.25) is 0 Å². The van der Waals surface area contributed by atoms with Crippen molar-refractivity contribution in [3.05, 3.63) is 0 Å². The monoisotopic (exact) mass is 291 g/mol. The Kier molecular flexibility index (Phi) is 3.36. The first-order valence-electron chi connectivity index (χ1n) is 5.07. The Morgan fingerprint density at radius 1 is 1.33 bits per heavy atom. The lowest BCUT2D eigenvalue weighted by molar-refractivity contribution is -0.116. The van der Waals surface area contributed by atoms with Crippen LogP contribution in [0, 0.1) is 0 Å². The number of rotatable bonds is 3. The number of sulfonamides is 1. The number of hydrogen-bond acceptors (Lipinski definition) is 7. The van der Waals surface area contributed by atoms with Crippen LogP contribution in [-0.2, 0) is 14.8 Å². The van der Waals surface area contributed by atoms with E-state index in [1.54, 1.807) is 7.05 Å². The molecule has 1 saturated heterocycles. The lowest BCUT2D eigenvalue weighted by Gasteiger charge is -2.10. The molecule has 0 unspecified atom stereocenters. The van der Waals surface area contributed by atoms with E-state index in [2.05, 4.69) is 10.2 Å². The van der Waals surface area contributed by atoms with Gasteiger partial charge in [-0.1, -0.05) is 11.3 Å². The summed E-state index contributed by atoms with van der Waals surface area (Å²) in [5.74, 6) is -0.109. The van der Waals surface area contributed by atoms with Crippen LogP contribution >= 0.6 is 11.3 Å². The van der Waals surface area contributed by atoms with Crippen molar-refractivity contribution in [3.8, 4) is 0 Å². The molecule has 1 fully saturated rings. The van der Waals surface area contributed by atoms with E-state index in [1.807, 2.05) is 4.90 Å². The summed E-state index contributed by atoms with van der Waals surface area (Å²) < 4.78 is 24.6. The van der Waals surface area contributed by atoms with Crippen molar-refractivity contribution in [2.24, 2.45) is 0 Å². The normalized spacial score (nSPS) is 18.0. The molecule has 1 aromatic heterocycles. The smallest absolute Gasteiger partial charge is 0.271 e. The van der Waals surface area contributed by atoms with Crippen LogP contribution in [0.5, 0.6) is 0 Å². The standard InChI is InChI=1S/C8H13N5O3S2/c1-11(2)18(15,16)8-10-9-7(17-8)13-5-12(3)4-6(13)14/h4-5H2,1-3H3. The molecule has 8 nitrogen and oxygen atoms in total. The largest absolute Gasteiger partial charge is 0.279 e. The first kappa shape index (κ1) is 13.3. The highest BCUT2D eigenvalue weighted by atomic mass is 32.2. The first-order chi connectivity index (χ1) is 8.32. The molecule has 10 heteroatoms. The molecule has 0 radical (unpaired) electrons. The fraction of sp³-hybridized carbons (Fsp3) is 0.625. The van der Waals surface area contributed by atoms with Crippen LogP contribution in [0.3, 0.4) is 0 Å². The maximum Gasteiger partial charge on any atom is 0.271 e. The second kappa shape index (κ2) is 4.53. The van der Waals surface area contributed by atoms with Gasteiger partial charge < -0.3 is 0 Å². The van der Waals surface area contributed by atoms with Crippen molar-refractivity contribution < 1.29 is 13.2 Å². The van der Waals surface area contributed by atoms with Gasteiger partial charge in [0, 0.05) is 14.1 Å². The number of carbonyl (C=O) groups excluding carboxylic acids is 1. The summed E-state index contributed by atoms with van der Waals surface area (Å²) in [6.07, 6.45) is 0. The van der Waals surface area contributed by atoms with Gasteiger partial charge in [-0.3, -0.25) is 14.6 Å². The molecule has 1 aliphatic rings. The van der Waals surface area contributed by atoms with Crippen molar-refractivity contribution >= 4 is 32.4 Å². The highest BCUT2D eigenvalue weighted by Crippen LogP contribution is 2.26. The molecule has 1 amide bonds. The predicted molar refractivity (Wildman–Crippen MR) is 65.8 cm³/mol. The van der Waals surface area contributed by atoms with Gasteiger partial charge in [-0.2, -0.15) is 0 Å². The van der Waals surface area contributed by atoms with E-state index >= 15 is 0 Å². The SMILES string of the molecule is CN1CC(=O)N(c2nnc(S(=O)(=O)N(C)C)s2)C1. The number of nitrogens with zero attached hydrogens (tertiary/aromatic N) is 5. The van der Waals surface area contributed by atoms with E-state index in [9.17, 15) is 13.2 Å². The molecule has 0 aliphatic carbocycles. The van der Waals surface area contributed by atoms with Crippen LogP contribution < -0.4 is 4.90 Å². The third-order valence-corrected chi connectivity index (χ3v) is 5.52. The van der Waals surface area contributed by atoms with Crippen LogP contribution in [0.4, 0.5) is 5.13 Å². The fourth-order valence-electron chi connectivity index (χ4n) is 1.43. The quantitative estimate of drug-likeness (QED) is 0.666. The van der Waals surface area contributed by atoms with E-state index in [1.165, 1.54) is 19.0 Å². The molecule has 0 saturated carbocycles. The summed E-state index contributed by atoms with van der Waals surface area (Å²) in [4.78, 5) is 14.9. The summed E-state index contributed by atoms with van der Waals surface area (Å²) in [5, 5.41) is 7.72. The van der Waals surface area contributed by atoms with Gasteiger partial charge in [-0.05, 0) is 7.05 Å². The Balaban J connectivity index is 2.29. The molecular weight excluding hydrogens is 278 g/mol. The molecule has 1 aliphatic heterocycles. The molecule has 0 spiro atoms. The Hall–Kier alpha value is -1.10. The van der Waals surface area contributed by atoms with E-state index < -0.39 is 10.0 Å². The highest BCUT2D eigenvalue weighted by molar-refractivity contribution is 7.91. The Bertz CT molecular complexity index is 567. The number of carbonyl (C=O) groups is 1. The third kappa shape index (κ3) is 2.23. The molecule has 0 bridgehead atoms. The minimum absolute atomic E-state index is 0.107. The van der Waals surface area contributed by atoms with Crippen molar-refractivity contribution in [3.63, 3.8) is 0 Å². The minimum Gasteiger partial charge on any atom is -0.279 e. The molecule has 2 rings (SSSR count). The van der Waals surface area contributed by atoms with Gasteiger partial charge in [0.1, 0.15) is 0 Å². The van der Waals surface area contributed by atoms with E-state index in [0.29, 0.717) is 18.3 Å². The lowest BCUT2D eigenvalue weighted by atomic mass is 10.6. The van der Waals surface area contributed by atoms with Crippen LogP contribution in [-0.4, -0.2) is 68.1 Å². The highest BCUT2D eigenvalue weighted by Gasteiger charge is 2.31. The molecular formula is C8H13N5O3S2. The molecule has 100 valence electrons. The summed E-state index contributed by atoms with van der Waals surface area (Å²) in [5.41, 5.74) is 0. The molecule has 2 heterocycles. The average molecular weight is 291 g/mol. The molecule has 18 heavy (non-hydrogen) atoms. The number of anilines is 1. The zero-order valence-electron chi connectivity index (χ0n) is 10.2. The maximum absolute atomic E-state index is 11.8. The molecule has 0 N–H and O–H groups in total. The van der Waals surface area contributed by atoms with Gasteiger partial charge in [0.15, 0.2) is 0 Å². The van der Waals surface area contributed by atoms with Crippen LogP contribution in [0.25, 0.3) is 0 Å². The van der Waals surface area contributed by atoms with Crippen molar-refractivity contribution in [2.45, 2.75) is 4.34 Å². The fourth-order valence-corrected chi connectivity index (χ4v) is 3.56. The zero-order valence-corrected chi connectivity index (χ0v) is 11.8. The van der Waals surface area contributed by atoms with Crippen LogP contribution in [0.15, 0.2) is 4.34 Å². The lowest BCUT2D eigenvalue weighted by Crippen LogP contribution is -2.25. The summed E-state index contributed by atoms with van der Waals surface area (Å²) in [7, 11) is 1.06. The summed E-state index contributed by atoms with van der Waals surface area (Å²) in [6, 6.07) is 0. The van der Waals surface area contributed by atoms with Gasteiger partial charge in [-0.25, -0.2) is 12.7 Å². The topological polar surface area (TPSA) is 86.7 Å². The zero-order chi connectivity index (χ0) is 13.5. The summed E-state index contributed by atoms with van der Waals surface area (Å²) >= 11 is 0.898. The van der Waals surface area contributed by atoms with Gasteiger partial charge in [0.05, 0.1) is 13.2 Å². The molecule has 0 aromatic carbocycles. The van der Waals surface area contributed by atoms with Gasteiger partial charge >= 0.3 is 0 Å². The number of aromatic nitrogens is 2. The Morgan fingerprint density at radius 3 is 2.50 bits per heavy atom. The molecule has 0 atom stereocenters. The van der Waals surface area contributed by atoms with E-state index in [-0.39, 0.29) is 10.2 Å². The Labute approximate surface area is 109 Å².